The van der Waals surface area contributed by atoms with E-state index in [1.54, 1.807) is 7.05 Å². The van der Waals surface area contributed by atoms with Gasteiger partial charge in [-0.1, -0.05) is 13.8 Å². The summed E-state index contributed by atoms with van der Waals surface area (Å²) in [6.07, 6.45) is 3.59. The molecule has 1 saturated carbocycles. The van der Waals surface area contributed by atoms with E-state index >= 15 is 0 Å². The molecule has 118 valence electrons. The Morgan fingerprint density at radius 2 is 1.95 bits per heavy atom. The van der Waals surface area contributed by atoms with Crippen LogP contribution in [0.5, 0.6) is 6.01 Å². The first-order valence-corrected chi connectivity index (χ1v) is 7.81. The number of aromatic nitrogens is 3. The monoisotopic (exact) mass is 294 g/mol. The molecular weight excluding hydrogens is 268 g/mol. The highest BCUT2D eigenvalue weighted by Crippen LogP contribution is 2.25. The summed E-state index contributed by atoms with van der Waals surface area (Å²) < 4.78 is 5.48. The Morgan fingerprint density at radius 3 is 2.57 bits per heavy atom. The Hall–Kier alpha value is -1.63. The molecule has 7 nitrogen and oxygen atoms in total. The number of hydrogen-bond donors (Lipinski definition) is 2. The topological polar surface area (TPSA) is 75.2 Å². The second kappa shape index (κ2) is 7.97. The number of ether oxygens (including phenoxy) is 1. The molecule has 2 N–H and O–H groups in total. The van der Waals surface area contributed by atoms with Gasteiger partial charge in [0.2, 0.25) is 11.9 Å². The van der Waals surface area contributed by atoms with Crippen molar-refractivity contribution in [3.05, 3.63) is 0 Å². The fraction of sp³-hybridized carbons (Fsp3) is 0.786. The highest BCUT2D eigenvalue weighted by atomic mass is 16.5. The molecule has 1 aliphatic carbocycles. The maximum atomic E-state index is 5.48. The SMILES string of the molecule is CCCOc1nc(NC)nc(NCCN(CC)C2CC2)n1. The summed E-state index contributed by atoms with van der Waals surface area (Å²) in [7, 11) is 1.79. The maximum Gasteiger partial charge on any atom is 0.323 e. The minimum Gasteiger partial charge on any atom is -0.463 e. The molecular formula is C14H26N6O. The van der Waals surface area contributed by atoms with E-state index in [1.165, 1.54) is 12.8 Å². The summed E-state index contributed by atoms with van der Waals surface area (Å²) in [5, 5.41) is 6.19. The summed E-state index contributed by atoms with van der Waals surface area (Å²) >= 11 is 0. The van der Waals surface area contributed by atoms with Gasteiger partial charge in [-0.3, -0.25) is 4.90 Å². The fourth-order valence-electron chi connectivity index (χ4n) is 2.16. The second-order valence-electron chi connectivity index (χ2n) is 5.15. The van der Waals surface area contributed by atoms with Crippen LogP contribution in [-0.4, -0.2) is 59.2 Å². The maximum absolute atomic E-state index is 5.48. The molecule has 0 saturated heterocycles. The van der Waals surface area contributed by atoms with Crippen LogP contribution >= 0.6 is 0 Å². The van der Waals surface area contributed by atoms with E-state index in [9.17, 15) is 0 Å². The van der Waals surface area contributed by atoms with Crippen LogP contribution in [0.1, 0.15) is 33.1 Å². The van der Waals surface area contributed by atoms with Crippen molar-refractivity contribution >= 4 is 11.9 Å². The van der Waals surface area contributed by atoms with Crippen LogP contribution < -0.4 is 15.4 Å². The van der Waals surface area contributed by atoms with E-state index in [0.717, 1.165) is 32.1 Å². The van der Waals surface area contributed by atoms with Crippen molar-refractivity contribution in [2.75, 3.05) is 43.9 Å². The van der Waals surface area contributed by atoms with E-state index in [2.05, 4.69) is 44.3 Å². The highest BCUT2D eigenvalue weighted by molar-refractivity contribution is 5.35. The molecule has 1 aromatic rings. The lowest BCUT2D eigenvalue weighted by Gasteiger charge is -2.19. The third-order valence-electron chi connectivity index (χ3n) is 3.43. The van der Waals surface area contributed by atoms with Crippen molar-refractivity contribution in [2.45, 2.75) is 39.2 Å². The lowest BCUT2D eigenvalue weighted by atomic mass is 10.4. The third kappa shape index (κ3) is 5.00. The normalized spacial score (nSPS) is 14.3. The van der Waals surface area contributed by atoms with Gasteiger partial charge < -0.3 is 15.4 Å². The summed E-state index contributed by atoms with van der Waals surface area (Å²) in [5.74, 6) is 1.08. The van der Waals surface area contributed by atoms with Crippen LogP contribution in [-0.2, 0) is 0 Å². The number of rotatable bonds is 10. The summed E-state index contributed by atoms with van der Waals surface area (Å²) in [5.41, 5.74) is 0. The Bertz CT molecular complexity index is 437. The van der Waals surface area contributed by atoms with Gasteiger partial charge >= 0.3 is 6.01 Å². The zero-order chi connectivity index (χ0) is 15.1. The zero-order valence-corrected chi connectivity index (χ0v) is 13.2. The molecule has 7 heteroatoms. The molecule has 1 aromatic heterocycles. The van der Waals surface area contributed by atoms with E-state index in [-0.39, 0.29) is 0 Å². The first-order chi connectivity index (χ1) is 10.3. The summed E-state index contributed by atoms with van der Waals surface area (Å²) in [4.78, 5) is 15.3. The minimum absolute atomic E-state index is 0.369. The first-order valence-electron chi connectivity index (χ1n) is 7.81. The molecule has 2 rings (SSSR count). The van der Waals surface area contributed by atoms with Gasteiger partial charge in [-0.15, -0.1) is 0 Å². The number of nitrogens with zero attached hydrogens (tertiary/aromatic N) is 4. The predicted octanol–water partition coefficient (Wildman–Crippen LogP) is 1.60. The summed E-state index contributed by atoms with van der Waals surface area (Å²) in [6, 6.07) is 1.15. The van der Waals surface area contributed by atoms with Crippen LogP contribution in [0.2, 0.25) is 0 Å². The molecule has 1 heterocycles. The van der Waals surface area contributed by atoms with Gasteiger partial charge in [-0.2, -0.15) is 15.0 Å². The first kappa shape index (κ1) is 15.8. The highest BCUT2D eigenvalue weighted by Gasteiger charge is 2.27. The molecule has 0 amide bonds. The van der Waals surface area contributed by atoms with Gasteiger partial charge in [-0.05, 0) is 25.8 Å². The molecule has 0 aliphatic heterocycles. The Kier molecular flexibility index (Phi) is 5.98. The molecule has 0 aromatic carbocycles. The molecule has 0 radical (unpaired) electrons. The number of hydrogen-bond acceptors (Lipinski definition) is 7. The predicted molar refractivity (Wildman–Crippen MR) is 83.9 cm³/mol. The molecule has 1 fully saturated rings. The van der Waals surface area contributed by atoms with Gasteiger partial charge in [0.1, 0.15) is 0 Å². The third-order valence-corrected chi connectivity index (χ3v) is 3.43. The quantitative estimate of drug-likeness (QED) is 0.679. The molecule has 1 aliphatic rings. The zero-order valence-electron chi connectivity index (χ0n) is 13.2. The lowest BCUT2D eigenvalue weighted by molar-refractivity contribution is 0.287. The van der Waals surface area contributed by atoms with E-state index in [1.807, 2.05) is 0 Å². The number of anilines is 2. The number of likely N-dealkylation sites (N-methyl/N-ethyl adjacent to an activating group) is 1. The minimum atomic E-state index is 0.369. The Morgan fingerprint density at radius 1 is 1.19 bits per heavy atom. The van der Waals surface area contributed by atoms with Crippen LogP contribution in [0.15, 0.2) is 0 Å². The fourth-order valence-corrected chi connectivity index (χ4v) is 2.16. The van der Waals surface area contributed by atoms with Gasteiger partial charge in [0, 0.05) is 26.2 Å². The van der Waals surface area contributed by atoms with E-state index in [4.69, 9.17) is 4.74 Å². The van der Waals surface area contributed by atoms with Crippen molar-refractivity contribution in [1.82, 2.24) is 19.9 Å². The van der Waals surface area contributed by atoms with Gasteiger partial charge in [0.25, 0.3) is 0 Å². The summed E-state index contributed by atoms with van der Waals surface area (Å²) in [6.45, 7) is 7.79. The Labute approximate surface area is 126 Å². The van der Waals surface area contributed by atoms with Crippen LogP contribution in [0.4, 0.5) is 11.9 Å². The van der Waals surface area contributed by atoms with Crippen LogP contribution in [0, 0.1) is 0 Å². The smallest absolute Gasteiger partial charge is 0.323 e. The van der Waals surface area contributed by atoms with Crippen LogP contribution in [0.25, 0.3) is 0 Å². The van der Waals surface area contributed by atoms with E-state index < -0.39 is 0 Å². The molecule has 21 heavy (non-hydrogen) atoms. The largest absolute Gasteiger partial charge is 0.463 e. The molecule has 0 spiro atoms. The standard InChI is InChI=1S/C14H26N6O/c1-4-10-21-14-18-12(15-3)17-13(19-14)16-8-9-20(5-2)11-6-7-11/h11H,4-10H2,1-3H3,(H2,15,16,17,18,19). The van der Waals surface area contributed by atoms with Crippen molar-refractivity contribution in [3.8, 4) is 6.01 Å². The molecule has 0 atom stereocenters. The Balaban J connectivity index is 1.88. The van der Waals surface area contributed by atoms with Gasteiger partial charge in [-0.25, -0.2) is 0 Å². The average molecular weight is 294 g/mol. The number of nitrogens with one attached hydrogen (secondary N) is 2. The van der Waals surface area contributed by atoms with Gasteiger partial charge in [0.15, 0.2) is 0 Å². The molecule has 0 bridgehead atoms. The van der Waals surface area contributed by atoms with Crippen molar-refractivity contribution < 1.29 is 4.74 Å². The lowest BCUT2D eigenvalue weighted by Crippen LogP contribution is -2.31. The van der Waals surface area contributed by atoms with E-state index in [0.29, 0.717) is 24.5 Å². The second-order valence-corrected chi connectivity index (χ2v) is 5.15. The van der Waals surface area contributed by atoms with Crippen molar-refractivity contribution in [2.24, 2.45) is 0 Å². The molecule has 0 unspecified atom stereocenters. The van der Waals surface area contributed by atoms with Gasteiger partial charge in [0.05, 0.1) is 6.61 Å². The van der Waals surface area contributed by atoms with Crippen LogP contribution in [0.3, 0.4) is 0 Å². The van der Waals surface area contributed by atoms with Crippen molar-refractivity contribution in [3.63, 3.8) is 0 Å². The average Bonchev–Trinajstić information content (AvgIpc) is 3.34. The van der Waals surface area contributed by atoms with Crippen molar-refractivity contribution in [1.29, 1.82) is 0 Å².